The van der Waals surface area contributed by atoms with Crippen LogP contribution in [0.1, 0.15) is 36.3 Å². The minimum absolute atomic E-state index is 0.120. The van der Waals surface area contributed by atoms with Crippen LogP contribution in [0.5, 0.6) is 5.88 Å². The van der Waals surface area contributed by atoms with Gasteiger partial charge in [-0.1, -0.05) is 38.5 Å². The van der Waals surface area contributed by atoms with Crippen molar-refractivity contribution in [2.75, 3.05) is 19.0 Å². The highest BCUT2D eigenvalue weighted by Gasteiger charge is 2.37. The molecule has 1 atom stereocenters. The lowest BCUT2D eigenvalue weighted by molar-refractivity contribution is -0.141. The molecule has 0 fully saturated rings. The molecule has 0 aliphatic carbocycles. The fraction of sp³-hybridized carbons (Fsp3) is 0.259. The number of aldehydes is 1. The number of halogens is 3. The topological polar surface area (TPSA) is 81.9 Å². The Bertz CT molecular complexity index is 1260. The third kappa shape index (κ3) is 7.63. The molecule has 0 aliphatic heterocycles. The number of ether oxygens (including phenoxy) is 1. The Balaban J connectivity index is 0.000000208. The molecule has 1 N–H and O–H groups in total. The maximum atomic E-state index is 12.5. The van der Waals surface area contributed by atoms with Gasteiger partial charge in [0.2, 0.25) is 5.88 Å². The molecule has 194 valence electrons. The van der Waals surface area contributed by atoms with Gasteiger partial charge in [-0.15, -0.1) is 0 Å². The number of pyridine rings is 2. The van der Waals surface area contributed by atoms with Crippen LogP contribution in [0.2, 0.25) is 0 Å². The first kappa shape index (κ1) is 27.4. The summed E-state index contributed by atoms with van der Waals surface area (Å²) in [4.78, 5) is 18.7. The number of benzene rings is 1. The van der Waals surface area contributed by atoms with Crippen molar-refractivity contribution in [3.05, 3.63) is 84.4 Å². The van der Waals surface area contributed by atoms with Gasteiger partial charge in [0.25, 0.3) is 0 Å². The maximum Gasteiger partial charge on any atom is 0.435 e. The molecule has 37 heavy (non-hydrogen) atoms. The SMILES string of the molecule is CCC(C)COc1ccc(-c2ccc(NC)cc2)cn1.O=Cc1cn(-c2ccccn2)nc1C(F)(F)F. The summed E-state index contributed by atoms with van der Waals surface area (Å²) in [5, 5.41) is 6.43. The molecule has 4 aromatic rings. The Hall–Kier alpha value is -4.21. The van der Waals surface area contributed by atoms with E-state index in [-0.39, 0.29) is 12.1 Å². The Morgan fingerprint density at radius 2 is 1.78 bits per heavy atom. The van der Waals surface area contributed by atoms with Crippen LogP contribution in [0.3, 0.4) is 0 Å². The largest absolute Gasteiger partial charge is 0.477 e. The molecular weight excluding hydrogens is 483 g/mol. The number of hydrogen-bond acceptors (Lipinski definition) is 6. The molecule has 0 bridgehead atoms. The third-order valence-corrected chi connectivity index (χ3v) is 5.48. The van der Waals surface area contributed by atoms with Crippen LogP contribution in [0.25, 0.3) is 16.9 Å². The number of carbonyl (C=O) groups excluding carboxylic acids is 1. The summed E-state index contributed by atoms with van der Waals surface area (Å²) in [5.41, 5.74) is 1.64. The van der Waals surface area contributed by atoms with E-state index in [1.54, 1.807) is 12.1 Å². The second-order valence-corrected chi connectivity index (χ2v) is 8.22. The van der Waals surface area contributed by atoms with Gasteiger partial charge in [-0.2, -0.15) is 18.3 Å². The van der Waals surface area contributed by atoms with E-state index in [1.165, 1.54) is 12.3 Å². The molecule has 0 amide bonds. The van der Waals surface area contributed by atoms with E-state index in [4.69, 9.17) is 4.74 Å². The van der Waals surface area contributed by atoms with Gasteiger partial charge < -0.3 is 10.1 Å². The van der Waals surface area contributed by atoms with E-state index in [2.05, 4.69) is 58.5 Å². The zero-order valence-corrected chi connectivity index (χ0v) is 20.7. The van der Waals surface area contributed by atoms with Gasteiger partial charge in [0, 0.05) is 43.0 Å². The van der Waals surface area contributed by atoms with Gasteiger partial charge in [0.1, 0.15) is 0 Å². The number of nitrogens with one attached hydrogen (secondary N) is 1. The summed E-state index contributed by atoms with van der Waals surface area (Å²) < 4.78 is 44.1. The smallest absolute Gasteiger partial charge is 0.435 e. The minimum Gasteiger partial charge on any atom is -0.477 e. The van der Waals surface area contributed by atoms with E-state index in [0.717, 1.165) is 40.7 Å². The number of hydrogen-bond donors (Lipinski definition) is 1. The normalized spacial score (nSPS) is 11.7. The predicted molar refractivity (Wildman–Crippen MR) is 136 cm³/mol. The Morgan fingerprint density at radius 1 is 1.05 bits per heavy atom. The second-order valence-electron chi connectivity index (χ2n) is 8.22. The average molecular weight is 512 g/mol. The third-order valence-electron chi connectivity index (χ3n) is 5.48. The molecule has 3 heterocycles. The van der Waals surface area contributed by atoms with Crippen molar-refractivity contribution in [2.45, 2.75) is 26.4 Å². The molecule has 0 radical (unpaired) electrons. The monoisotopic (exact) mass is 511 g/mol. The summed E-state index contributed by atoms with van der Waals surface area (Å²) >= 11 is 0. The zero-order valence-electron chi connectivity index (χ0n) is 20.7. The van der Waals surface area contributed by atoms with Gasteiger partial charge in [0.05, 0.1) is 12.2 Å². The fourth-order valence-electron chi connectivity index (χ4n) is 3.11. The van der Waals surface area contributed by atoms with E-state index in [0.29, 0.717) is 11.8 Å². The predicted octanol–water partition coefficient (Wildman–Crippen LogP) is 6.31. The molecule has 10 heteroatoms. The highest BCUT2D eigenvalue weighted by atomic mass is 19.4. The lowest BCUT2D eigenvalue weighted by atomic mass is 10.1. The standard InChI is InChI=1S/C17H22N2O.C10H6F3N3O/c1-4-13(2)12-20-17-10-7-15(11-19-17)14-5-8-16(18-3)9-6-14;11-10(12,13)9-7(6-17)5-16(15-9)8-3-1-2-4-14-8/h5-11,13,18H,4,12H2,1-3H3;1-6H. The van der Waals surface area contributed by atoms with Gasteiger partial charge in [-0.05, 0) is 41.8 Å². The van der Waals surface area contributed by atoms with Gasteiger partial charge in [0.15, 0.2) is 17.8 Å². The Morgan fingerprint density at radius 3 is 2.30 bits per heavy atom. The Kier molecular flexibility index (Phi) is 9.37. The van der Waals surface area contributed by atoms with Crippen LogP contribution < -0.4 is 10.1 Å². The maximum absolute atomic E-state index is 12.5. The number of alkyl halides is 3. The molecule has 1 aromatic carbocycles. The van der Waals surface area contributed by atoms with Crippen LogP contribution in [0.4, 0.5) is 18.9 Å². The molecule has 0 spiro atoms. The molecule has 0 aliphatic rings. The highest BCUT2D eigenvalue weighted by Crippen LogP contribution is 2.30. The van der Waals surface area contributed by atoms with Gasteiger partial charge in [-0.3, -0.25) is 4.79 Å². The number of anilines is 1. The quantitative estimate of drug-likeness (QED) is 0.279. The van der Waals surface area contributed by atoms with Gasteiger partial charge >= 0.3 is 6.18 Å². The molecule has 1 unspecified atom stereocenters. The minimum atomic E-state index is -4.66. The first-order chi connectivity index (χ1) is 17.7. The van der Waals surface area contributed by atoms with Crippen molar-refractivity contribution in [1.82, 2.24) is 19.7 Å². The number of aromatic nitrogens is 4. The van der Waals surface area contributed by atoms with Crippen LogP contribution in [0, 0.1) is 5.92 Å². The average Bonchev–Trinajstić information content (AvgIpc) is 3.38. The summed E-state index contributed by atoms with van der Waals surface area (Å²) in [6, 6.07) is 17.0. The van der Waals surface area contributed by atoms with Crippen molar-refractivity contribution in [3.8, 4) is 22.8 Å². The van der Waals surface area contributed by atoms with Crippen LogP contribution in [0.15, 0.2) is 73.2 Å². The molecule has 0 saturated carbocycles. The fourth-order valence-corrected chi connectivity index (χ4v) is 3.11. The number of carbonyl (C=O) groups is 1. The number of nitrogens with zero attached hydrogens (tertiary/aromatic N) is 4. The number of rotatable bonds is 8. The lowest BCUT2D eigenvalue weighted by Crippen LogP contribution is -2.09. The molecule has 4 rings (SSSR count). The Labute approximate surface area is 213 Å². The van der Waals surface area contributed by atoms with Crippen molar-refractivity contribution in [3.63, 3.8) is 0 Å². The van der Waals surface area contributed by atoms with Crippen LogP contribution in [-0.2, 0) is 6.18 Å². The van der Waals surface area contributed by atoms with E-state index in [9.17, 15) is 18.0 Å². The van der Waals surface area contributed by atoms with E-state index >= 15 is 0 Å². The van der Waals surface area contributed by atoms with Crippen LogP contribution >= 0.6 is 0 Å². The van der Waals surface area contributed by atoms with Gasteiger partial charge in [-0.25, -0.2) is 14.6 Å². The second kappa shape index (κ2) is 12.7. The van der Waals surface area contributed by atoms with E-state index in [1.807, 2.05) is 25.4 Å². The lowest BCUT2D eigenvalue weighted by Gasteiger charge is -2.10. The zero-order chi connectivity index (χ0) is 26.8. The molecular formula is C27H28F3N5O2. The molecule has 0 saturated heterocycles. The first-order valence-corrected chi connectivity index (χ1v) is 11.7. The molecule has 7 nitrogen and oxygen atoms in total. The van der Waals surface area contributed by atoms with Crippen LogP contribution in [-0.4, -0.2) is 39.7 Å². The van der Waals surface area contributed by atoms with Crippen molar-refractivity contribution in [2.24, 2.45) is 5.92 Å². The summed E-state index contributed by atoms with van der Waals surface area (Å²) in [5.74, 6) is 1.47. The summed E-state index contributed by atoms with van der Waals surface area (Å²) in [7, 11) is 1.92. The highest BCUT2D eigenvalue weighted by molar-refractivity contribution is 5.76. The molecule has 3 aromatic heterocycles. The van der Waals surface area contributed by atoms with Crippen molar-refractivity contribution >= 4 is 12.0 Å². The van der Waals surface area contributed by atoms with Crippen molar-refractivity contribution < 1.29 is 22.7 Å². The summed E-state index contributed by atoms with van der Waals surface area (Å²) in [6.07, 6.45) is 0.866. The summed E-state index contributed by atoms with van der Waals surface area (Å²) in [6.45, 7) is 5.07. The van der Waals surface area contributed by atoms with E-state index < -0.39 is 17.4 Å². The first-order valence-electron chi connectivity index (χ1n) is 11.7. The van der Waals surface area contributed by atoms with Crippen molar-refractivity contribution in [1.29, 1.82) is 0 Å².